The predicted molar refractivity (Wildman–Crippen MR) is 78.8 cm³/mol. The first kappa shape index (κ1) is 17.0. The Balaban J connectivity index is 1.53. The highest BCUT2D eigenvalue weighted by Crippen LogP contribution is 2.33. The number of likely N-dealkylation sites (tertiary alicyclic amines) is 1. The molecule has 7 heteroatoms. The number of piperidine rings is 1. The minimum absolute atomic E-state index is 0.219. The van der Waals surface area contributed by atoms with E-state index in [0.717, 1.165) is 37.8 Å². The minimum Gasteiger partial charge on any atom is -0.403 e. The molecule has 1 amide bonds. The number of benzene rings is 1. The molecule has 0 aromatic heterocycles. The number of carbonyl (C=O) groups is 1. The van der Waals surface area contributed by atoms with E-state index >= 15 is 0 Å². The van der Waals surface area contributed by atoms with Crippen molar-refractivity contribution in [2.24, 2.45) is 11.8 Å². The average Bonchev–Trinajstić information content (AvgIpc) is 3.34. The van der Waals surface area contributed by atoms with Gasteiger partial charge in [-0.2, -0.15) is 0 Å². The number of hydrogen-bond donors (Lipinski definition) is 0. The highest BCUT2D eigenvalue weighted by atomic mass is 19.4. The molecule has 1 aromatic carbocycles. The fraction of sp³-hybridized carbons (Fsp3) is 0.588. The Morgan fingerprint density at radius 3 is 2.38 bits per heavy atom. The summed E-state index contributed by atoms with van der Waals surface area (Å²) in [5, 5.41) is 0. The smallest absolute Gasteiger partial charge is 0.403 e. The summed E-state index contributed by atoms with van der Waals surface area (Å²) in [6, 6.07) is 3.58. The highest BCUT2D eigenvalue weighted by Gasteiger charge is 2.35. The van der Waals surface area contributed by atoms with Crippen molar-refractivity contribution in [3.05, 3.63) is 29.6 Å². The van der Waals surface area contributed by atoms with Crippen LogP contribution in [-0.2, 0) is 11.2 Å². The zero-order valence-electron chi connectivity index (χ0n) is 13.1. The van der Waals surface area contributed by atoms with Gasteiger partial charge in [0.2, 0.25) is 5.91 Å². The topological polar surface area (TPSA) is 29.5 Å². The second-order valence-corrected chi connectivity index (χ2v) is 6.56. The van der Waals surface area contributed by atoms with Gasteiger partial charge in [-0.05, 0) is 55.7 Å². The Morgan fingerprint density at radius 1 is 1.17 bits per heavy atom. The SMILES string of the molecule is O=C(C1CC1)N1CCC(Cc2ccc(OC(F)(F)F)c(F)c2)CC1. The molecule has 0 spiro atoms. The molecule has 0 N–H and O–H groups in total. The van der Waals surface area contributed by atoms with Crippen LogP contribution in [0.2, 0.25) is 0 Å². The van der Waals surface area contributed by atoms with Crippen LogP contribution in [0.1, 0.15) is 31.2 Å². The third-order valence-corrected chi connectivity index (χ3v) is 4.60. The summed E-state index contributed by atoms with van der Waals surface area (Å²) in [4.78, 5) is 13.9. The van der Waals surface area contributed by atoms with Gasteiger partial charge in [0, 0.05) is 19.0 Å². The molecular formula is C17H19F4NO2. The lowest BCUT2D eigenvalue weighted by atomic mass is 9.90. The molecule has 24 heavy (non-hydrogen) atoms. The summed E-state index contributed by atoms with van der Waals surface area (Å²) < 4.78 is 53.8. The monoisotopic (exact) mass is 345 g/mol. The van der Waals surface area contributed by atoms with Crippen molar-refractivity contribution in [3.8, 4) is 5.75 Å². The summed E-state index contributed by atoms with van der Waals surface area (Å²) in [5.74, 6) is -1.05. The van der Waals surface area contributed by atoms with Crippen LogP contribution in [0.5, 0.6) is 5.75 Å². The molecular weight excluding hydrogens is 326 g/mol. The molecule has 1 aromatic rings. The van der Waals surface area contributed by atoms with Crippen molar-refractivity contribution in [1.82, 2.24) is 4.90 Å². The maximum Gasteiger partial charge on any atom is 0.573 e. The van der Waals surface area contributed by atoms with Crippen molar-refractivity contribution in [3.63, 3.8) is 0 Å². The van der Waals surface area contributed by atoms with Gasteiger partial charge in [-0.15, -0.1) is 13.2 Å². The maximum atomic E-state index is 13.7. The van der Waals surface area contributed by atoms with E-state index < -0.39 is 17.9 Å². The Morgan fingerprint density at radius 2 is 1.83 bits per heavy atom. The quantitative estimate of drug-likeness (QED) is 0.774. The van der Waals surface area contributed by atoms with Crippen LogP contribution >= 0.6 is 0 Å². The highest BCUT2D eigenvalue weighted by molar-refractivity contribution is 5.81. The first-order valence-electron chi connectivity index (χ1n) is 8.15. The number of halogens is 4. The maximum absolute atomic E-state index is 13.7. The van der Waals surface area contributed by atoms with E-state index in [-0.39, 0.29) is 11.8 Å². The lowest BCUT2D eigenvalue weighted by Crippen LogP contribution is -2.39. The molecule has 0 radical (unpaired) electrons. The van der Waals surface area contributed by atoms with Crippen molar-refractivity contribution < 1.29 is 27.1 Å². The third-order valence-electron chi connectivity index (χ3n) is 4.60. The van der Waals surface area contributed by atoms with Crippen molar-refractivity contribution in [1.29, 1.82) is 0 Å². The Hall–Kier alpha value is -1.79. The molecule has 3 rings (SSSR count). The summed E-state index contributed by atoms with van der Waals surface area (Å²) in [6.45, 7) is 1.41. The zero-order chi connectivity index (χ0) is 17.3. The molecule has 2 aliphatic rings. The fourth-order valence-electron chi connectivity index (χ4n) is 3.16. The molecule has 1 heterocycles. The Bertz CT molecular complexity index is 605. The summed E-state index contributed by atoms with van der Waals surface area (Å²) in [7, 11) is 0. The van der Waals surface area contributed by atoms with Gasteiger partial charge in [-0.3, -0.25) is 4.79 Å². The van der Waals surface area contributed by atoms with Crippen LogP contribution in [0.15, 0.2) is 18.2 Å². The average molecular weight is 345 g/mol. The number of alkyl halides is 3. The second-order valence-electron chi connectivity index (χ2n) is 6.56. The van der Waals surface area contributed by atoms with Crippen LogP contribution in [-0.4, -0.2) is 30.3 Å². The summed E-state index contributed by atoms with van der Waals surface area (Å²) in [5.41, 5.74) is 0.647. The summed E-state index contributed by atoms with van der Waals surface area (Å²) in [6.07, 6.45) is -0.658. The van der Waals surface area contributed by atoms with Gasteiger partial charge in [0.05, 0.1) is 0 Å². The van der Waals surface area contributed by atoms with Gasteiger partial charge < -0.3 is 9.64 Å². The van der Waals surface area contributed by atoms with Gasteiger partial charge in [-0.25, -0.2) is 4.39 Å². The van der Waals surface area contributed by atoms with Crippen molar-refractivity contribution in [2.45, 2.75) is 38.5 Å². The molecule has 1 aliphatic heterocycles. The van der Waals surface area contributed by atoms with Crippen LogP contribution in [0.3, 0.4) is 0 Å². The van der Waals surface area contributed by atoms with Crippen molar-refractivity contribution in [2.75, 3.05) is 13.1 Å². The Labute approximate surface area is 137 Å². The first-order chi connectivity index (χ1) is 11.3. The predicted octanol–water partition coefficient (Wildman–Crippen LogP) is 3.92. The van der Waals surface area contributed by atoms with E-state index in [0.29, 0.717) is 31.0 Å². The lowest BCUT2D eigenvalue weighted by molar-refractivity contribution is -0.275. The third kappa shape index (κ3) is 4.39. The molecule has 3 nitrogen and oxygen atoms in total. The molecule has 1 saturated heterocycles. The van der Waals surface area contributed by atoms with Gasteiger partial charge in [0.1, 0.15) is 0 Å². The van der Waals surface area contributed by atoms with Gasteiger partial charge in [0.15, 0.2) is 11.6 Å². The molecule has 0 unspecified atom stereocenters. The fourth-order valence-corrected chi connectivity index (χ4v) is 3.16. The van der Waals surface area contributed by atoms with E-state index in [1.165, 1.54) is 6.07 Å². The molecule has 1 saturated carbocycles. The Kier molecular flexibility index (Phi) is 4.69. The summed E-state index contributed by atoms with van der Waals surface area (Å²) >= 11 is 0. The molecule has 0 atom stereocenters. The number of nitrogens with zero attached hydrogens (tertiary/aromatic N) is 1. The number of ether oxygens (including phenoxy) is 1. The largest absolute Gasteiger partial charge is 0.573 e. The normalized spacial score (nSPS) is 19.4. The minimum atomic E-state index is -4.90. The van der Waals surface area contributed by atoms with E-state index in [2.05, 4.69) is 4.74 Å². The number of hydrogen-bond acceptors (Lipinski definition) is 2. The molecule has 132 valence electrons. The van der Waals surface area contributed by atoms with Crippen LogP contribution in [0.4, 0.5) is 17.6 Å². The van der Waals surface area contributed by atoms with E-state index in [4.69, 9.17) is 0 Å². The van der Waals surface area contributed by atoms with Gasteiger partial charge in [0.25, 0.3) is 0 Å². The molecule has 1 aliphatic carbocycles. The molecule has 0 bridgehead atoms. The van der Waals surface area contributed by atoms with Gasteiger partial charge in [-0.1, -0.05) is 6.07 Å². The number of rotatable bonds is 4. The van der Waals surface area contributed by atoms with E-state index in [1.54, 1.807) is 0 Å². The van der Waals surface area contributed by atoms with Crippen LogP contribution in [0, 0.1) is 17.7 Å². The molecule has 2 fully saturated rings. The van der Waals surface area contributed by atoms with Crippen molar-refractivity contribution >= 4 is 5.91 Å². The van der Waals surface area contributed by atoms with E-state index in [1.807, 2.05) is 4.90 Å². The van der Waals surface area contributed by atoms with E-state index in [9.17, 15) is 22.4 Å². The van der Waals surface area contributed by atoms with Crippen LogP contribution < -0.4 is 4.74 Å². The van der Waals surface area contributed by atoms with Crippen LogP contribution in [0.25, 0.3) is 0 Å². The standard InChI is InChI=1S/C17H19F4NO2/c18-14-10-12(1-4-15(14)24-17(19,20)21)9-11-5-7-22(8-6-11)16(23)13-2-3-13/h1,4,10-11,13H,2-3,5-9H2. The number of carbonyl (C=O) groups excluding carboxylic acids is 1. The van der Waals surface area contributed by atoms with Gasteiger partial charge >= 0.3 is 6.36 Å². The first-order valence-corrected chi connectivity index (χ1v) is 8.15. The zero-order valence-corrected chi connectivity index (χ0v) is 13.1. The second kappa shape index (κ2) is 6.61. The lowest BCUT2D eigenvalue weighted by Gasteiger charge is -2.32. The number of amides is 1.